The van der Waals surface area contributed by atoms with Gasteiger partial charge in [-0.3, -0.25) is 0 Å². The van der Waals surface area contributed by atoms with Crippen molar-refractivity contribution in [2.75, 3.05) is 13.7 Å². The van der Waals surface area contributed by atoms with Crippen LogP contribution >= 0.6 is 11.8 Å². The number of rotatable bonds is 8. The van der Waals surface area contributed by atoms with Crippen LogP contribution in [0.1, 0.15) is 5.56 Å². The zero-order valence-electron chi connectivity index (χ0n) is 14.7. The Hall–Kier alpha value is -2.00. The maximum atomic E-state index is 5.20. The van der Waals surface area contributed by atoms with Crippen molar-refractivity contribution in [2.45, 2.75) is 15.1 Å². The molecule has 26 heavy (non-hydrogen) atoms. The molecule has 0 heterocycles. The molecule has 0 aliphatic heterocycles. The van der Waals surface area contributed by atoms with Crippen molar-refractivity contribution in [1.29, 1.82) is 0 Å². The third-order valence-electron chi connectivity index (χ3n) is 3.67. The van der Waals surface area contributed by atoms with Crippen LogP contribution in [0.5, 0.6) is 5.75 Å². The number of nitrogens with zero attached hydrogens (tertiary/aromatic N) is 1. The Morgan fingerprint density at radius 1 is 0.923 bits per heavy atom. The van der Waals surface area contributed by atoms with Crippen molar-refractivity contribution in [3.63, 3.8) is 0 Å². The zero-order valence-corrected chi connectivity index (χ0v) is 17.2. The number of hydrogen-bond acceptors (Lipinski definition) is 3. The van der Waals surface area contributed by atoms with E-state index in [1.54, 1.807) is 18.9 Å². The summed E-state index contributed by atoms with van der Waals surface area (Å²) in [7, 11) is 1.70. The van der Waals surface area contributed by atoms with Gasteiger partial charge in [0.1, 0.15) is 0 Å². The molecule has 3 aromatic carbocycles. The molecule has 3 aromatic rings. The zero-order chi connectivity index (χ0) is 18.0. The molecule has 2 nitrogen and oxygen atoms in total. The molecule has 3 rings (SSSR count). The van der Waals surface area contributed by atoms with E-state index in [-0.39, 0.29) is 0 Å². The summed E-state index contributed by atoms with van der Waals surface area (Å²) in [6.07, 6.45) is 2.01. The second-order valence-electron chi connectivity index (χ2n) is 5.51. The SMILES string of the molecule is COc1ccc([Se]CCN=Cc2ccccc2Sc2ccccc2)cc1. The molecule has 0 radical (unpaired) electrons. The molecule has 0 saturated carbocycles. The third kappa shape index (κ3) is 5.77. The molecule has 0 bridgehead atoms. The van der Waals surface area contributed by atoms with E-state index in [9.17, 15) is 0 Å². The first-order valence-corrected chi connectivity index (χ1v) is 11.3. The van der Waals surface area contributed by atoms with E-state index in [2.05, 4.69) is 65.7 Å². The van der Waals surface area contributed by atoms with Crippen molar-refractivity contribution in [1.82, 2.24) is 0 Å². The molecule has 0 atom stereocenters. The van der Waals surface area contributed by atoms with E-state index in [4.69, 9.17) is 4.74 Å². The van der Waals surface area contributed by atoms with Gasteiger partial charge in [0, 0.05) is 0 Å². The molecule has 0 N–H and O–H groups in total. The van der Waals surface area contributed by atoms with E-state index < -0.39 is 0 Å². The number of benzene rings is 3. The van der Waals surface area contributed by atoms with Crippen molar-refractivity contribution in [3.8, 4) is 5.75 Å². The van der Waals surface area contributed by atoms with E-state index >= 15 is 0 Å². The summed E-state index contributed by atoms with van der Waals surface area (Å²) in [5.41, 5.74) is 1.18. The van der Waals surface area contributed by atoms with Crippen LogP contribution in [0.3, 0.4) is 0 Å². The number of methoxy groups -OCH3 is 1. The number of hydrogen-bond donors (Lipinski definition) is 0. The summed E-state index contributed by atoms with van der Waals surface area (Å²) in [6.45, 7) is 0.858. The van der Waals surface area contributed by atoms with Gasteiger partial charge in [-0.25, -0.2) is 0 Å². The second kappa shape index (κ2) is 10.2. The molecule has 4 heteroatoms. The summed E-state index contributed by atoms with van der Waals surface area (Å²) in [6, 6.07) is 27.2. The molecule has 0 aromatic heterocycles. The average Bonchev–Trinajstić information content (AvgIpc) is 2.70. The van der Waals surface area contributed by atoms with Gasteiger partial charge < -0.3 is 0 Å². The number of aliphatic imine (C=N–C) groups is 1. The van der Waals surface area contributed by atoms with Crippen molar-refractivity contribution >= 4 is 37.4 Å². The van der Waals surface area contributed by atoms with Crippen molar-refractivity contribution < 1.29 is 4.74 Å². The monoisotopic (exact) mass is 427 g/mol. The van der Waals surface area contributed by atoms with Gasteiger partial charge >= 0.3 is 166 Å². The maximum absolute atomic E-state index is 5.20. The predicted octanol–water partition coefficient (Wildman–Crippen LogP) is 4.71. The Morgan fingerprint density at radius 2 is 1.65 bits per heavy atom. The summed E-state index contributed by atoms with van der Waals surface area (Å²) in [5, 5.41) is 1.10. The minimum absolute atomic E-state index is 0.446. The van der Waals surface area contributed by atoms with Gasteiger partial charge in [-0.1, -0.05) is 0 Å². The van der Waals surface area contributed by atoms with Gasteiger partial charge in [-0.2, -0.15) is 0 Å². The molecule has 0 saturated heterocycles. The summed E-state index contributed by atoms with van der Waals surface area (Å²) >= 11 is 2.23. The summed E-state index contributed by atoms with van der Waals surface area (Å²) in [5.74, 6) is 0.912. The van der Waals surface area contributed by atoms with E-state index in [0.717, 1.165) is 17.6 Å². The fraction of sp³-hybridized carbons (Fsp3) is 0.136. The summed E-state index contributed by atoms with van der Waals surface area (Å²) < 4.78 is 6.58. The number of ether oxygens (including phenoxy) is 1. The van der Waals surface area contributed by atoms with Gasteiger partial charge in [0.15, 0.2) is 0 Å². The second-order valence-corrected chi connectivity index (χ2v) is 9.08. The Morgan fingerprint density at radius 3 is 2.42 bits per heavy atom. The Kier molecular flexibility index (Phi) is 7.38. The van der Waals surface area contributed by atoms with Gasteiger partial charge in [0.05, 0.1) is 0 Å². The van der Waals surface area contributed by atoms with Crippen LogP contribution in [0, 0.1) is 0 Å². The molecule has 0 aliphatic rings. The van der Waals surface area contributed by atoms with E-state index in [0.29, 0.717) is 15.0 Å². The van der Waals surface area contributed by atoms with Crippen LogP contribution < -0.4 is 9.20 Å². The van der Waals surface area contributed by atoms with Crippen molar-refractivity contribution in [2.24, 2.45) is 4.99 Å². The summed E-state index contributed by atoms with van der Waals surface area (Å²) in [4.78, 5) is 7.13. The van der Waals surface area contributed by atoms with Crippen molar-refractivity contribution in [3.05, 3.63) is 84.4 Å². The molecule has 0 aliphatic carbocycles. The van der Waals surface area contributed by atoms with Gasteiger partial charge in [0.25, 0.3) is 0 Å². The Labute approximate surface area is 165 Å². The first kappa shape index (κ1) is 18.8. The molecule has 0 amide bonds. The van der Waals surface area contributed by atoms with Crippen LogP contribution in [0.25, 0.3) is 0 Å². The topological polar surface area (TPSA) is 21.6 Å². The fourth-order valence-electron chi connectivity index (χ4n) is 2.35. The van der Waals surface area contributed by atoms with Crippen LogP contribution in [0.15, 0.2) is 93.6 Å². The predicted molar refractivity (Wildman–Crippen MR) is 113 cm³/mol. The van der Waals surface area contributed by atoms with E-state index in [1.807, 2.05) is 24.4 Å². The van der Waals surface area contributed by atoms with Crippen LogP contribution in [-0.4, -0.2) is 34.8 Å². The van der Waals surface area contributed by atoms with Crippen LogP contribution in [-0.2, 0) is 0 Å². The Balaban J connectivity index is 1.53. The Bertz CT molecular complexity index is 834. The van der Waals surface area contributed by atoms with Gasteiger partial charge in [-0.05, 0) is 0 Å². The third-order valence-corrected chi connectivity index (χ3v) is 6.85. The molecule has 0 fully saturated rings. The first-order chi connectivity index (χ1) is 12.8. The average molecular weight is 426 g/mol. The van der Waals surface area contributed by atoms with Gasteiger partial charge in [0.2, 0.25) is 0 Å². The molecular weight excluding hydrogens is 405 g/mol. The first-order valence-electron chi connectivity index (χ1n) is 8.44. The molecule has 0 spiro atoms. The standard InChI is InChI=1S/C22H21NOSSe/c1-24-19-11-13-21(14-12-19)26-16-15-23-17-18-7-5-6-10-22(18)25-20-8-3-2-4-9-20/h2-14,17H,15-16H2,1H3. The quantitative estimate of drug-likeness (QED) is 0.296. The van der Waals surface area contributed by atoms with Crippen LogP contribution in [0.4, 0.5) is 0 Å². The fourth-order valence-corrected chi connectivity index (χ4v) is 4.88. The molecular formula is C22H21NOSSe. The molecule has 132 valence electrons. The van der Waals surface area contributed by atoms with Gasteiger partial charge in [-0.15, -0.1) is 0 Å². The minimum atomic E-state index is 0.446. The molecule has 0 unspecified atom stereocenters. The normalized spacial score (nSPS) is 11.0. The van der Waals surface area contributed by atoms with E-state index in [1.165, 1.54) is 19.8 Å². The van der Waals surface area contributed by atoms with Crippen LogP contribution in [0.2, 0.25) is 5.32 Å².